The second-order valence-electron chi connectivity index (χ2n) is 9.12. The molecule has 1 rings (SSSR count). The lowest BCUT2D eigenvalue weighted by atomic mass is 10.0. The van der Waals surface area contributed by atoms with E-state index in [1.165, 1.54) is 0 Å². The van der Waals surface area contributed by atoms with Crippen molar-refractivity contribution in [2.75, 3.05) is 0 Å². The molecule has 0 saturated heterocycles. The number of hydrogen-bond donors (Lipinski definition) is 7. The maximum atomic E-state index is 13.1. The second kappa shape index (κ2) is 15.2. The van der Waals surface area contributed by atoms with Crippen LogP contribution in [0.15, 0.2) is 30.3 Å². The molecular formula is C24H36N6O7. The van der Waals surface area contributed by atoms with Gasteiger partial charge in [0.15, 0.2) is 0 Å². The first-order valence-electron chi connectivity index (χ1n) is 11.8. The van der Waals surface area contributed by atoms with Gasteiger partial charge in [-0.25, -0.2) is 4.79 Å². The minimum Gasteiger partial charge on any atom is -0.480 e. The summed E-state index contributed by atoms with van der Waals surface area (Å²) in [5.74, 6) is -5.32. The second-order valence-corrected chi connectivity index (χ2v) is 9.12. The highest BCUT2D eigenvalue weighted by atomic mass is 16.4. The average molecular weight is 521 g/mol. The lowest BCUT2D eigenvalue weighted by molar-refractivity contribution is -0.143. The minimum absolute atomic E-state index is 0.0370. The highest BCUT2D eigenvalue weighted by Gasteiger charge is 2.31. The number of primary amides is 2. The zero-order chi connectivity index (χ0) is 28.1. The summed E-state index contributed by atoms with van der Waals surface area (Å²) in [5.41, 5.74) is 16.8. The number of carboxylic acid groups (broad SMARTS) is 1. The predicted octanol–water partition coefficient (Wildman–Crippen LogP) is -1.72. The van der Waals surface area contributed by atoms with Gasteiger partial charge in [0, 0.05) is 12.8 Å². The van der Waals surface area contributed by atoms with E-state index in [0.717, 1.165) is 0 Å². The van der Waals surface area contributed by atoms with Gasteiger partial charge >= 0.3 is 5.97 Å². The van der Waals surface area contributed by atoms with Gasteiger partial charge < -0.3 is 38.3 Å². The van der Waals surface area contributed by atoms with Crippen LogP contribution in [0.4, 0.5) is 0 Å². The maximum absolute atomic E-state index is 13.1. The van der Waals surface area contributed by atoms with E-state index in [1.807, 2.05) is 13.8 Å². The van der Waals surface area contributed by atoms with E-state index in [4.69, 9.17) is 17.2 Å². The molecule has 10 N–H and O–H groups in total. The third-order valence-corrected chi connectivity index (χ3v) is 5.31. The van der Waals surface area contributed by atoms with Crippen LogP contribution in [0, 0.1) is 5.92 Å². The maximum Gasteiger partial charge on any atom is 0.326 e. The van der Waals surface area contributed by atoms with Crippen molar-refractivity contribution >= 4 is 35.5 Å². The van der Waals surface area contributed by atoms with Crippen molar-refractivity contribution in [3.63, 3.8) is 0 Å². The Kier molecular flexibility index (Phi) is 12.7. The van der Waals surface area contributed by atoms with Crippen LogP contribution in [0.25, 0.3) is 0 Å². The Hall–Kier alpha value is -4.00. The highest BCUT2D eigenvalue weighted by Crippen LogP contribution is 2.08. The van der Waals surface area contributed by atoms with Gasteiger partial charge in [-0.15, -0.1) is 0 Å². The molecule has 0 spiro atoms. The summed E-state index contributed by atoms with van der Waals surface area (Å²) in [6.07, 6.45) is -0.721. The number of amides is 5. The molecular weight excluding hydrogens is 484 g/mol. The van der Waals surface area contributed by atoms with Gasteiger partial charge in [0.25, 0.3) is 0 Å². The fraction of sp³-hybridized carbons (Fsp3) is 0.500. The van der Waals surface area contributed by atoms with Gasteiger partial charge in [0.1, 0.15) is 18.1 Å². The van der Waals surface area contributed by atoms with Crippen molar-refractivity contribution in [3.05, 3.63) is 35.9 Å². The molecule has 0 heterocycles. The first kappa shape index (κ1) is 31.0. The number of carbonyl (C=O) groups excluding carboxylic acids is 5. The Bertz CT molecular complexity index is 970. The Balaban J connectivity index is 3.15. The highest BCUT2D eigenvalue weighted by molar-refractivity contribution is 5.95. The van der Waals surface area contributed by atoms with E-state index < -0.39 is 66.1 Å². The molecule has 204 valence electrons. The van der Waals surface area contributed by atoms with Crippen LogP contribution >= 0.6 is 0 Å². The molecule has 0 aliphatic rings. The molecule has 4 atom stereocenters. The van der Waals surface area contributed by atoms with E-state index in [0.29, 0.717) is 12.0 Å². The Morgan fingerprint density at radius 2 is 1.35 bits per heavy atom. The lowest BCUT2D eigenvalue weighted by Crippen LogP contribution is -2.58. The van der Waals surface area contributed by atoms with Gasteiger partial charge in [-0.05, 0) is 24.3 Å². The molecule has 1 aromatic rings. The predicted molar refractivity (Wildman–Crippen MR) is 133 cm³/mol. The third-order valence-electron chi connectivity index (χ3n) is 5.31. The lowest BCUT2D eigenvalue weighted by Gasteiger charge is -2.25. The topological polar surface area (TPSA) is 237 Å². The summed E-state index contributed by atoms with van der Waals surface area (Å²) < 4.78 is 0. The Morgan fingerprint density at radius 3 is 1.86 bits per heavy atom. The van der Waals surface area contributed by atoms with Crippen LogP contribution in [0.1, 0.15) is 45.1 Å². The quantitative estimate of drug-likeness (QED) is 0.132. The molecule has 13 nitrogen and oxygen atoms in total. The zero-order valence-electron chi connectivity index (χ0n) is 20.9. The number of nitrogens with one attached hydrogen (secondary N) is 3. The van der Waals surface area contributed by atoms with Gasteiger partial charge in [-0.3, -0.25) is 24.0 Å². The Labute approximate surface area is 214 Å². The number of benzene rings is 1. The molecule has 1 aromatic carbocycles. The molecule has 0 radical (unpaired) electrons. The summed E-state index contributed by atoms with van der Waals surface area (Å²) in [4.78, 5) is 72.7. The number of hydrogen-bond acceptors (Lipinski definition) is 7. The molecule has 37 heavy (non-hydrogen) atoms. The van der Waals surface area contributed by atoms with Crippen molar-refractivity contribution in [2.24, 2.45) is 23.1 Å². The van der Waals surface area contributed by atoms with Crippen LogP contribution in [0.5, 0.6) is 0 Å². The summed E-state index contributed by atoms with van der Waals surface area (Å²) >= 11 is 0. The largest absolute Gasteiger partial charge is 0.480 e. The van der Waals surface area contributed by atoms with Crippen molar-refractivity contribution in [1.82, 2.24) is 16.0 Å². The van der Waals surface area contributed by atoms with Crippen molar-refractivity contribution in [3.8, 4) is 0 Å². The average Bonchev–Trinajstić information content (AvgIpc) is 2.80. The van der Waals surface area contributed by atoms with E-state index in [-0.39, 0.29) is 25.2 Å². The summed E-state index contributed by atoms with van der Waals surface area (Å²) in [7, 11) is 0. The van der Waals surface area contributed by atoms with Crippen LogP contribution in [-0.2, 0) is 35.2 Å². The molecule has 0 bridgehead atoms. The van der Waals surface area contributed by atoms with Gasteiger partial charge in [0.05, 0.1) is 12.5 Å². The molecule has 0 aromatic heterocycles. The molecule has 0 aliphatic heterocycles. The number of carboxylic acids is 1. The minimum atomic E-state index is -1.61. The van der Waals surface area contributed by atoms with Crippen molar-refractivity contribution in [2.45, 2.75) is 70.1 Å². The first-order chi connectivity index (χ1) is 17.3. The SMILES string of the molecule is CC(C)CC(N)C(=O)NC(CCC(N)=O)C(=O)NC(Cc1ccccc1)C(=O)NC(CC(N)=O)C(=O)O. The van der Waals surface area contributed by atoms with Crippen LogP contribution in [0.3, 0.4) is 0 Å². The smallest absolute Gasteiger partial charge is 0.326 e. The summed E-state index contributed by atoms with van der Waals surface area (Å²) in [6, 6.07) is 3.52. The van der Waals surface area contributed by atoms with Crippen molar-refractivity contribution < 1.29 is 33.9 Å². The fourth-order valence-electron chi connectivity index (χ4n) is 3.45. The van der Waals surface area contributed by atoms with E-state index in [9.17, 15) is 33.9 Å². The molecule has 13 heteroatoms. The summed E-state index contributed by atoms with van der Waals surface area (Å²) in [6.45, 7) is 3.75. The summed E-state index contributed by atoms with van der Waals surface area (Å²) in [5, 5.41) is 16.5. The van der Waals surface area contributed by atoms with Gasteiger partial charge in [-0.1, -0.05) is 44.2 Å². The van der Waals surface area contributed by atoms with E-state index in [2.05, 4.69) is 16.0 Å². The molecule has 0 saturated carbocycles. The molecule has 4 unspecified atom stereocenters. The fourth-order valence-corrected chi connectivity index (χ4v) is 3.45. The number of carbonyl (C=O) groups is 6. The Morgan fingerprint density at radius 1 is 0.811 bits per heavy atom. The first-order valence-corrected chi connectivity index (χ1v) is 11.8. The van der Waals surface area contributed by atoms with E-state index in [1.54, 1.807) is 30.3 Å². The molecule has 5 amide bonds. The number of rotatable bonds is 16. The van der Waals surface area contributed by atoms with Crippen LogP contribution in [0.2, 0.25) is 0 Å². The van der Waals surface area contributed by atoms with E-state index >= 15 is 0 Å². The zero-order valence-corrected chi connectivity index (χ0v) is 20.9. The van der Waals surface area contributed by atoms with Gasteiger partial charge in [0.2, 0.25) is 29.5 Å². The number of aliphatic carboxylic acids is 1. The van der Waals surface area contributed by atoms with Crippen molar-refractivity contribution in [1.29, 1.82) is 0 Å². The van der Waals surface area contributed by atoms with Gasteiger partial charge in [-0.2, -0.15) is 0 Å². The van der Waals surface area contributed by atoms with Crippen LogP contribution in [-0.4, -0.2) is 64.8 Å². The van der Waals surface area contributed by atoms with Crippen LogP contribution < -0.4 is 33.2 Å². The normalized spacial score (nSPS) is 14.1. The monoisotopic (exact) mass is 520 g/mol. The standard InChI is InChI=1S/C24H36N6O7/c1-13(2)10-15(25)21(33)28-16(8-9-19(26)31)22(34)29-17(11-14-6-4-3-5-7-14)23(35)30-18(24(36)37)12-20(27)32/h3-7,13,15-18H,8-12,25H2,1-2H3,(H2,26,31)(H2,27,32)(H,28,33)(H,29,34)(H,30,35)(H,36,37). The molecule has 0 fully saturated rings. The third kappa shape index (κ3) is 12.0. The molecule has 0 aliphatic carbocycles. The number of nitrogens with two attached hydrogens (primary N) is 3.